The first-order valence-electron chi connectivity index (χ1n) is 5.58. The zero-order chi connectivity index (χ0) is 14.6. The smallest absolute Gasteiger partial charge is 0.330 e. The van der Waals surface area contributed by atoms with Crippen LogP contribution in [0.1, 0.15) is 23.6 Å². The Balaban J connectivity index is 3.38. The van der Waals surface area contributed by atoms with Crippen molar-refractivity contribution in [2.45, 2.75) is 13.8 Å². The average molecular weight is 281 g/mol. The fraction of sp³-hybridized carbons (Fsp3) is 0.308. The van der Waals surface area contributed by atoms with Crippen LogP contribution in [-0.4, -0.2) is 17.1 Å². The Morgan fingerprint density at radius 3 is 2.74 bits per heavy atom. The van der Waals surface area contributed by atoms with Crippen LogP contribution in [0.25, 0.3) is 6.08 Å². The number of hydrogen-bond donors (Lipinski definition) is 0. The van der Waals surface area contributed by atoms with Crippen molar-refractivity contribution < 1.29 is 9.53 Å². The van der Waals surface area contributed by atoms with Crippen molar-refractivity contribution in [1.29, 1.82) is 5.26 Å². The summed E-state index contributed by atoms with van der Waals surface area (Å²) in [5, 5.41) is 9.15. The van der Waals surface area contributed by atoms with Crippen molar-refractivity contribution in [1.82, 2.24) is 4.57 Å². The topological polar surface area (TPSA) is 72.1 Å². The summed E-state index contributed by atoms with van der Waals surface area (Å²) in [6.45, 7) is 3.58. The Morgan fingerprint density at radius 2 is 2.21 bits per heavy atom. The average Bonchev–Trinajstić information content (AvgIpc) is 2.37. The molecule has 100 valence electrons. The molecule has 19 heavy (non-hydrogen) atoms. The summed E-state index contributed by atoms with van der Waals surface area (Å²) in [4.78, 5) is 23.0. The second-order valence-corrected chi connectivity index (χ2v) is 4.12. The van der Waals surface area contributed by atoms with E-state index in [0.29, 0.717) is 11.1 Å². The van der Waals surface area contributed by atoms with Crippen LogP contribution in [0.5, 0.6) is 0 Å². The molecule has 0 saturated heterocycles. The van der Waals surface area contributed by atoms with Crippen LogP contribution < -0.4 is 5.56 Å². The van der Waals surface area contributed by atoms with E-state index < -0.39 is 11.5 Å². The number of hydrogen-bond acceptors (Lipinski definition) is 4. The van der Waals surface area contributed by atoms with E-state index in [-0.39, 0.29) is 17.3 Å². The van der Waals surface area contributed by atoms with Gasteiger partial charge in [-0.15, -0.1) is 0 Å². The lowest BCUT2D eigenvalue weighted by Crippen LogP contribution is -2.22. The zero-order valence-electron chi connectivity index (χ0n) is 10.9. The third-order valence-corrected chi connectivity index (χ3v) is 3.06. The van der Waals surface area contributed by atoms with E-state index in [2.05, 4.69) is 0 Å². The maximum absolute atomic E-state index is 11.8. The van der Waals surface area contributed by atoms with Crippen LogP contribution in [0.2, 0.25) is 5.15 Å². The van der Waals surface area contributed by atoms with E-state index in [0.717, 1.165) is 4.57 Å². The van der Waals surface area contributed by atoms with Gasteiger partial charge in [0, 0.05) is 18.7 Å². The van der Waals surface area contributed by atoms with Crippen LogP contribution >= 0.6 is 11.6 Å². The van der Waals surface area contributed by atoms with E-state index in [4.69, 9.17) is 21.6 Å². The molecular weight excluding hydrogens is 268 g/mol. The highest BCUT2D eigenvalue weighted by molar-refractivity contribution is 6.31. The SMILES string of the molecule is CCOC(=O)C=Cc1c(C)c(C#N)c(=O)n(C)c1Cl. The molecule has 5 nitrogen and oxygen atoms in total. The molecule has 0 atom stereocenters. The number of carbonyl (C=O) groups is 1. The maximum Gasteiger partial charge on any atom is 0.330 e. The van der Waals surface area contributed by atoms with E-state index in [1.54, 1.807) is 13.8 Å². The molecule has 0 N–H and O–H groups in total. The highest BCUT2D eigenvalue weighted by Gasteiger charge is 2.14. The number of nitrogens with zero attached hydrogens (tertiary/aromatic N) is 2. The predicted molar refractivity (Wildman–Crippen MR) is 71.8 cm³/mol. The third kappa shape index (κ3) is 3.04. The second kappa shape index (κ2) is 6.21. The van der Waals surface area contributed by atoms with Crippen LogP contribution in [0.15, 0.2) is 10.9 Å². The largest absolute Gasteiger partial charge is 0.463 e. The number of esters is 1. The zero-order valence-corrected chi connectivity index (χ0v) is 11.6. The number of halogens is 1. The van der Waals surface area contributed by atoms with Gasteiger partial charge in [-0.3, -0.25) is 4.79 Å². The van der Waals surface area contributed by atoms with E-state index in [9.17, 15) is 9.59 Å². The molecule has 1 heterocycles. The number of aromatic nitrogens is 1. The lowest BCUT2D eigenvalue weighted by Gasteiger charge is -2.10. The van der Waals surface area contributed by atoms with Gasteiger partial charge in [0.15, 0.2) is 0 Å². The molecule has 0 fully saturated rings. The first kappa shape index (κ1) is 15.0. The molecule has 0 unspecified atom stereocenters. The van der Waals surface area contributed by atoms with Crippen molar-refractivity contribution in [3.8, 4) is 6.07 Å². The Bertz CT molecular complexity index is 639. The molecule has 0 aromatic carbocycles. The first-order chi connectivity index (χ1) is 8.93. The highest BCUT2D eigenvalue weighted by atomic mass is 35.5. The lowest BCUT2D eigenvalue weighted by atomic mass is 10.1. The van der Waals surface area contributed by atoms with Crippen molar-refractivity contribution in [3.05, 3.63) is 38.3 Å². The summed E-state index contributed by atoms with van der Waals surface area (Å²) in [5.74, 6) is -0.509. The van der Waals surface area contributed by atoms with Gasteiger partial charge in [0.1, 0.15) is 16.8 Å². The lowest BCUT2D eigenvalue weighted by molar-refractivity contribution is -0.137. The van der Waals surface area contributed by atoms with Gasteiger partial charge in [0.2, 0.25) is 0 Å². The molecule has 1 aromatic heterocycles. The van der Waals surface area contributed by atoms with Crippen molar-refractivity contribution >= 4 is 23.6 Å². The molecule has 0 radical (unpaired) electrons. The first-order valence-corrected chi connectivity index (χ1v) is 5.95. The van der Waals surface area contributed by atoms with Gasteiger partial charge in [-0.1, -0.05) is 11.6 Å². The summed E-state index contributed by atoms with van der Waals surface area (Å²) in [7, 11) is 1.46. The monoisotopic (exact) mass is 280 g/mol. The van der Waals surface area contributed by atoms with Crippen LogP contribution in [0, 0.1) is 18.3 Å². The number of nitriles is 1. The molecule has 0 bridgehead atoms. The van der Waals surface area contributed by atoms with Gasteiger partial charge in [-0.05, 0) is 25.5 Å². The van der Waals surface area contributed by atoms with Gasteiger partial charge in [0.25, 0.3) is 5.56 Å². The van der Waals surface area contributed by atoms with Crippen molar-refractivity contribution in [2.75, 3.05) is 6.61 Å². The molecule has 1 aromatic rings. The van der Waals surface area contributed by atoms with Gasteiger partial charge in [0.05, 0.1) is 6.61 Å². The fourth-order valence-corrected chi connectivity index (χ4v) is 1.84. The summed E-state index contributed by atoms with van der Waals surface area (Å²) in [5.41, 5.74) is 0.443. The number of rotatable bonds is 3. The second-order valence-electron chi connectivity index (χ2n) is 3.77. The van der Waals surface area contributed by atoms with Crippen molar-refractivity contribution in [2.24, 2.45) is 7.05 Å². The van der Waals surface area contributed by atoms with Gasteiger partial charge < -0.3 is 9.30 Å². The van der Waals surface area contributed by atoms with Gasteiger partial charge in [-0.25, -0.2) is 4.79 Å². The van der Waals surface area contributed by atoms with E-state index in [1.165, 1.54) is 19.2 Å². The fourth-order valence-electron chi connectivity index (χ4n) is 1.55. The Morgan fingerprint density at radius 1 is 1.58 bits per heavy atom. The Labute approximate surface area is 115 Å². The molecular formula is C13H13ClN2O3. The Hall–Kier alpha value is -2.06. The minimum atomic E-state index is -0.509. The molecule has 0 aliphatic heterocycles. The van der Waals surface area contributed by atoms with Crippen LogP contribution in [0.4, 0.5) is 0 Å². The molecule has 0 amide bonds. The summed E-state index contributed by atoms with van der Waals surface area (Å²) < 4.78 is 5.92. The summed E-state index contributed by atoms with van der Waals surface area (Å²) in [6.07, 6.45) is 2.65. The molecule has 1 rings (SSSR count). The maximum atomic E-state index is 11.8. The van der Waals surface area contributed by atoms with Gasteiger partial charge in [-0.2, -0.15) is 5.26 Å². The predicted octanol–water partition coefficient (Wildman–Crippen LogP) is 1.80. The minimum absolute atomic E-state index is 0.00964. The Kier molecular flexibility index (Phi) is 4.90. The van der Waals surface area contributed by atoms with Gasteiger partial charge >= 0.3 is 5.97 Å². The van der Waals surface area contributed by atoms with Crippen LogP contribution in [-0.2, 0) is 16.6 Å². The number of ether oxygens (including phenoxy) is 1. The van der Waals surface area contributed by atoms with Crippen molar-refractivity contribution in [3.63, 3.8) is 0 Å². The van der Waals surface area contributed by atoms with Crippen LogP contribution in [0.3, 0.4) is 0 Å². The summed E-state index contributed by atoms with van der Waals surface area (Å²) in [6, 6.07) is 1.84. The third-order valence-electron chi connectivity index (χ3n) is 2.60. The molecule has 0 spiro atoms. The summed E-state index contributed by atoms with van der Waals surface area (Å²) >= 11 is 6.04. The molecule has 0 aliphatic carbocycles. The number of pyridine rings is 1. The number of carbonyl (C=O) groups excluding carboxylic acids is 1. The minimum Gasteiger partial charge on any atom is -0.463 e. The van der Waals surface area contributed by atoms with E-state index >= 15 is 0 Å². The molecule has 6 heteroatoms. The molecule has 0 saturated carbocycles. The standard InChI is InChI=1S/C13H13ClN2O3/c1-4-19-11(17)6-5-9-8(2)10(7-15)13(18)16(3)12(9)14/h5-6H,4H2,1-3H3. The molecule has 0 aliphatic rings. The normalized spacial score (nSPS) is 10.5. The quantitative estimate of drug-likeness (QED) is 0.481. The highest BCUT2D eigenvalue weighted by Crippen LogP contribution is 2.21. The van der Waals surface area contributed by atoms with E-state index in [1.807, 2.05) is 6.07 Å².